The van der Waals surface area contributed by atoms with Gasteiger partial charge in [-0.3, -0.25) is 9.36 Å². The number of likely N-dealkylation sites (tertiary alicyclic amines) is 1. The maximum Gasteiger partial charge on any atom is 0.419 e. The largest absolute Gasteiger partial charge is 0.419 e. The van der Waals surface area contributed by atoms with Crippen LogP contribution in [0.25, 0.3) is 11.1 Å². The SMILES string of the molecule is CCC(CN1CCCC1)NC(=O)CCn1c(=O)oc2ccccc21. The Balaban J connectivity index is 1.56. The van der Waals surface area contributed by atoms with Gasteiger partial charge in [0.05, 0.1) is 5.52 Å². The van der Waals surface area contributed by atoms with E-state index >= 15 is 0 Å². The number of hydrogen-bond donors (Lipinski definition) is 1. The molecule has 1 amide bonds. The van der Waals surface area contributed by atoms with Gasteiger partial charge in [0.15, 0.2) is 5.58 Å². The molecule has 2 heterocycles. The summed E-state index contributed by atoms with van der Waals surface area (Å²) in [6, 6.07) is 7.45. The van der Waals surface area contributed by atoms with E-state index < -0.39 is 5.76 Å². The fraction of sp³-hybridized carbons (Fsp3) is 0.556. The number of aryl methyl sites for hydroxylation is 1. The van der Waals surface area contributed by atoms with Crippen LogP contribution in [0.4, 0.5) is 0 Å². The molecule has 24 heavy (non-hydrogen) atoms. The Hall–Kier alpha value is -2.08. The summed E-state index contributed by atoms with van der Waals surface area (Å²) in [5, 5.41) is 3.10. The van der Waals surface area contributed by atoms with E-state index in [1.165, 1.54) is 17.4 Å². The molecule has 1 aliphatic rings. The van der Waals surface area contributed by atoms with Gasteiger partial charge in [-0.15, -0.1) is 0 Å². The molecule has 0 aliphatic carbocycles. The van der Waals surface area contributed by atoms with Gasteiger partial charge in [0, 0.05) is 25.6 Å². The van der Waals surface area contributed by atoms with Gasteiger partial charge >= 0.3 is 5.76 Å². The zero-order valence-corrected chi connectivity index (χ0v) is 14.2. The molecule has 1 fully saturated rings. The van der Waals surface area contributed by atoms with Crippen molar-refractivity contribution in [2.45, 2.75) is 45.2 Å². The number of benzene rings is 1. The van der Waals surface area contributed by atoms with Gasteiger partial charge in [-0.2, -0.15) is 0 Å². The van der Waals surface area contributed by atoms with Crippen molar-refractivity contribution in [2.75, 3.05) is 19.6 Å². The van der Waals surface area contributed by atoms with Crippen molar-refractivity contribution in [2.24, 2.45) is 0 Å². The van der Waals surface area contributed by atoms with Crippen molar-refractivity contribution in [1.82, 2.24) is 14.8 Å². The average Bonchev–Trinajstić information content (AvgIpc) is 3.19. The summed E-state index contributed by atoms with van der Waals surface area (Å²) in [4.78, 5) is 26.6. The predicted molar refractivity (Wildman–Crippen MR) is 93.0 cm³/mol. The van der Waals surface area contributed by atoms with Crippen LogP contribution in [-0.2, 0) is 11.3 Å². The highest BCUT2D eigenvalue weighted by molar-refractivity contribution is 5.77. The summed E-state index contributed by atoms with van der Waals surface area (Å²) >= 11 is 0. The van der Waals surface area contributed by atoms with Gasteiger partial charge < -0.3 is 14.6 Å². The van der Waals surface area contributed by atoms with Crippen LogP contribution in [0.2, 0.25) is 0 Å². The molecular weight excluding hydrogens is 306 g/mol. The summed E-state index contributed by atoms with van der Waals surface area (Å²) < 4.78 is 6.72. The Bertz CT molecular complexity index is 743. The van der Waals surface area contributed by atoms with E-state index in [1.54, 1.807) is 6.07 Å². The predicted octanol–water partition coefficient (Wildman–Crippen LogP) is 1.98. The molecule has 1 aromatic carbocycles. The molecule has 6 heteroatoms. The van der Waals surface area contributed by atoms with Crippen LogP contribution in [-0.4, -0.2) is 41.1 Å². The maximum absolute atomic E-state index is 12.3. The smallest absolute Gasteiger partial charge is 0.408 e. The number of rotatable bonds is 7. The number of nitrogens with one attached hydrogen (secondary N) is 1. The van der Waals surface area contributed by atoms with Gasteiger partial charge in [0.1, 0.15) is 0 Å². The molecule has 1 unspecified atom stereocenters. The number of para-hydroxylation sites is 2. The van der Waals surface area contributed by atoms with Crippen LogP contribution in [0.3, 0.4) is 0 Å². The third-order valence-corrected chi connectivity index (χ3v) is 4.67. The first-order valence-corrected chi connectivity index (χ1v) is 8.77. The minimum absolute atomic E-state index is 0.0155. The lowest BCUT2D eigenvalue weighted by Crippen LogP contribution is -2.43. The average molecular weight is 331 g/mol. The third kappa shape index (κ3) is 3.87. The fourth-order valence-corrected chi connectivity index (χ4v) is 3.29. The maximum atomic E-state index is 12.3. The monoisotopic (exact) mass is 331 g/mol. The molecule has 1 aliphatic heterocycles. The van der Waals surface area contributed by atoms with Crippen molar-refractivity contribution in [3.63, 3.8) is 0 Å². The lowest BCUT2D eigenvalue weighted by atomic mass is 10.2. The second kappa shape index (κ2) is 7.66. The van der Waals surface area contributed by atoms with E-state index in [0.29, 0.717) is 12.1 Å². The molecule has 2 aromatic rings. The summed E-state index contributed by atoms with van der Waals surface area (Å²) in [5.41, 5.74) is 1.29. The van der Waals surface area contributed by atoms with E-state index in [4.69, 9.17) is 4.42 Å². The van der Waals surface area contributed by atoms with Crippen LogP contribution in [0.1, 0.15) is 32.6 Å². The molecule has 0 saturated carbocycles. The zero-order valence-electron chi connectivity index (χ0n) is 14.2. The van der Waals surface area contributed by atoms with E-state index in [0.717, 1.165) is 31.6 Å². The molecule has 3 rings (SSSR count). The van der Waals surface area contributed by atoms with E-state index in [1.807, 2.05) is 18.2 Å². The van der Waals surface area contributed by atoms with Crippen molar-refractivity contribution in [1.29, 1.82) is 0 Å². The van der Waals surface area contributed by atoms with Gasteiger partial charge in [-0.05, 0) is 44.5 Å². The molecule has 0 bridgehead atoms. The van der Waals surface area contributed by atoms with Crippen LogP contribution in [0.15, 0.2) is 33.5 Å². The fourth-order valence-electron chi connectivity index (χ4n) is 3.29. The first-order chi connectivity index (χ1) is 11.7. The number of nitrogens with zero attached hydrogens (tertiary/aromatic N) is 2. The topological polar surface area (TPSA) is 67.5 Å². The van der Waals surface area contributed by atoms with Crippen molar-refractivity contribution in [3.8, 4) is 0 Å². The van der Waals surface area contributed by atoms with Crippen LogP contribution < -0.4 is 11.1 Å². The van der Waals surface area contributed by atoms with Gasteiger partial charge in [0.2, 0.25) is 5.91 Å². The van der Waals surface area contributed by atoms with Crippen molar-refractivity contribution < 1.29 is 9.21 Å². The molecule has 0 spiro atoms. The lowest BCUT2D eigenvalue weighted by Gasteiger charge is -2.23. The standard InChI is InChI=1S/C18H25N3O3/c1-2-14(13-20-10-5-6-11-20)19-17(22)9-12-21-15-7-3-4-8-16(15)24-18(21)23/h3-4,7-8,14H,2,5-6,9-13H2,1H3,(H,19,22). The Kier molecular flexibility index (Phi) is 5.35. The van der Waals surface area contributed by atoms with E-state index in [2.05, 4.69) is 17.1 Å². The normalized spacial score (nSPS) is 16.5. The number of oxazole rings is 1. The molecule has 1 atom stereocenters. The van der Waals surface area contributed by atoms with E-state index in [-0.39, 0.29) is 18.4 Å². The Labute approximate surface area is 141 Å². The van der Waals surface area contributed by atoms with Crippen LogP contribution in [0, 0.1) is 0 Å². The molecule has 6 nitrogen and oxygen atoms in total. The highest BCUT2D eigenvalue weighted by Crippen LogP contribution is 2.12. The third-order valence-electron chi connectivity index (χ3n) is 4.67. The molecule has 1 N–H and O–H groups in total. The number of aromatic nitrogens is 1. The highest BCUT2D eigenvalue weighted by Gasteiger charge is 2.18. The van der Waals surface area contributed by atoms with Gasteiger partial charge in [-0.1, -0.05) is 19.1 Å². The Morgan fingerprint density at radius 1 is 1.29 bits per heavy atom. The lowest BCUT2D eigenvalue weighted by molar-refractivity contribution is -0.122. The van der Waals surface area contributed by atoms with Gasteiger partial charge in [0.25, 0.3) is 0 Å². The van der Waals surface area contributed by atoms with Crippen LogP contribution >= 0.6 is 0 Å². The summed E-state index contributed by atoms with van der Waals surface area (Å²) in [7, 11) is 0. The van der Waals surface area contributed by atoms with E-state index in [9.17, 15) is 9.59 Å². The second-order valence-corrected chi connectivity index (χ2v) is 6.42. The summed E-state index contributed by atoms with van der Waals surface area (Å²) in [6.07, 6.45) is 3.69. The Morgan fingerprint density at radius 2 is 2.04 bits per heavy atom. The van der Waals surface area contributed by atoms with Gasteiger partial charge in [-0.25, -0.2) is 4.79 Å². The zero-order chi connectivity index (χ0) is 16.9. The number of amides is 1. The first-order valence-electron chi connectivity index (χ1n) is 8.77. The number of hydrogen-bond acceptors (Lipinski definition) is 4. The second-order valence-electron chi connectivity index (χ2n) is 6.42. The summed E-state index contributed by atoms with van der Waals surface area (Å²) in [5.74, 6) is -0.425. The quantitative estimate of drug-likeness (QED) is 0.842. The molecule has 130 valence electrons. The Morgan fingerprint density at radius 3 is 2.79 bits per heavy atom. The molecule has 0 radical (unpaired) electrons. The number of fused-ring (bicyclic) bond motifs is 1. The highest BCUT2D eigenvalue weighted by atomic mass is 16.4. The first kappa shape index (κ1) is 16.8. The minimum atomic E-state index is -0.409. The minimum Gasteiger partial charge on any atom is -0.408 e. The molecular formula is C18H25N3O3. The summed E-state index contributed by atoms with van der Waals surface area (Å²) in [6.45, 7) is 5.60. The number of carbonyl (C=O) groups excluding carboxylic acids is 1. The number of carbonyl (C=O) groups is 1. The molecule has 1 aromatic heterocycles. The van der Waals surface area contributed by atoms with Crippen LogP contribution in [0.5, 0.6) is 0 Å². The van der Waals surface area contributed by atoms with Crippen molar-refractivity contribution >= 4 is 17.0 Å². The molecule has 1 saturated heterocycles. The van der Waals surface area contributed by atoms with Crippen molar-refractivity contribution in [3.05, 3.63) is 34.8 Å².